The first-order valence-electron chi connectivity index (χ1n) is 4.81. The number of aryl methyl sites for hydroxylation is 1. The molecule has 0 aromatic heterocycles. The fourth-order valence-corrected chi connectivity index (χ4v) is 1.87. The minimum absolute atomic E-state index is 0.0906. The Morgan fingerprint density at radius 3 is 2.87 bits per heavy atom. The van der Waals surface area contributed by atoms with Gasteiger partial charge in [-0.1, -0.05) is 12.1 Å². The van der Waals surface area contributed by atoms with Crippen molar-refractivity contribution < 1.29 is 9.90 Å². The lowest BCUT2D eigenvalue weighted by Crippen LogP contribution is -2.09. The molecule has 0 saturated heterocycles. The molecule has 82 valence electrons. The predicted octanol–water partition coefficient (Wildman–Crippen LogP) is 2.33. The van der Waals surface area contributed by atoms with E-state index in [0.717, 1.165) is 22.1 Å². The molecule has 0 aliphatic heterocycles. The van der Waals surface area contributed by atoms with Crippen LogP contribution in [0.25, 0.3) is 0 Å². The van der Waals surface area contributed by atoms with E-state index in [9.17, 15) is 4.79 Å². The summed E-state index contributed by atoms with van der Waals surface area (Å²) in [4.78, 5) is 11.0. The topological polar surface area (TPSA) is 49.3 Å². The van der Waals surface area contributed by atoms with Crippen LogP contribution in [0, 0.1) is 0 Å². The van der Waals surface area contributed by atoms with Crippen LogP contribution >= 0.6 is 15.9 Å². The van der Waals surface area contributed by atoms with E-state index >= 15 is 0 Å². The Balaban J connectivity index is 2.92. The highest BCUT2D eigenvalue weighted by Crippen LogP contribution is 2.27. The van der Waals surface area contributed by atoms with Crippen LogP contribution in [0.1, 0.15) is 18.9 Å². The molecule has 0 aliphatic carbocycles. The summed E-state index contributed by atoms with van der Waals surface area (Å²) in [5, 5.41) is 11.6. The van der Waals surface area contributed by atoms with Gasteiger partial charge in [-0.3, -0.25) is 4.79 Å². The number of carbonyl (C=O) groups is 1. The number of benzene rings is 1. The van der Waals surface area contributed by atoms with Crippen molar-refractivity contribution in [3.8, 4) is 0 Å². The number of aliphatic hydroxyl groups is 1. The Kier molecular flexibility index (Phi) is 4.78. The average Bonchev–Trinajstić information content (AvgIpc) is 2.18. The maximum absolute atomic E-state index is 11.0. The van der Waals surface area contributed by atoms with Crippen LogP contribution in [-0.2, 0) is 11.2 Å². The molecule has 0 saturated carbocycles. The minimum Gasteiger partial charge on any atom is -0.396 e. The molecule has 4 heteroatoms. The molecule has 0 atom stereocenters. The number of halogens is 1. The van der Waals surface area contributed by atoms with Crippen LogP contribution < -0.4 is 5.32 Å². The summed E-state index contributed by atoms with van der Waals surface area (Å²) in [6.45, 7) is 1.64. The number of carbonyl (C=O) groups excluding carboxylic acids is 1. The number of nitrogens with one attached hydrogen (secondary N) is 1. The van der Waals surface area contributed by atoms with Crippen molar-refractivity contribution in [2.24, 2.45) is 0 Å². The lowest BCUT2D eigenvalue weighted by molar-refractivity contribution is -0.114. The van der Waals surface area contributed by atoms with Gasteiger partial charge in [0, 0.05) is 18.0 Å². The molecule has 0 unspecified atom stereocenters. The van der Waals surface area contributed by atoms with Gasteiger partial charge in [0.2, 0.25) is 5.91 Å². The van der Waals surface area contributed by atoms with Crippen molar-refractivity contribution in [3.63, 3.8) is 0 Å². The molecule has 15 heavy (non-hydrogen) atoms. The number of rotatable bonds is 4. The fraction of sp³-hybridized carbons (Fsp3) is 0.364. The third-order valence-corrected chi connectivity index (χ3v) is 2.67. The van der Waals surface area contributed by atoms with E-state index in [1.54, 1.807) is 0 Å². The number of aliphatic hydroxyl groups excluding tert-OH is 1. The van der Waals surface area contributed by atoms with Gasteiger partial charge in [-0.2, -0.15) is 0 Å². The average molecular weight is 272 g/mol. The van der Waals surface area contributed by atoms with Gasteiger partial charge in [0.25, 0.3) is 0 Å². The number of hydrogen-bond acceptors (Lipinski definition) is 2. The first-order chi connectivity index (χ1) is 7.15. The minimum atomic E-state index is -0.0906. The molecule has 3 nitrogen and oxygen atoms in total. The molecule has 1 aromatic carbocycles. The van der Waals surface area contributed by atoms with Crippen molar-refractivity contribution in [2.45, 2.75) is 19.8 Å². The number of hydrogen-bond donors (Lipinski definition) is 2. The summed E-state index contributed by atoms with van der Waals surface area (Å²) in [5.74, 6) is -0.0906. The summed E-state index contributed by atoms with van der Waals surface area (Å²) in [7, 11) is 0. The van der Waals surface area contributed by atoms with E-state index in [0.29, 0.717) is 6.42 Å². The maximum atomic E-state index is 11.0. The zero-order chi connectivity index (χ0) is 11.3. The normalized spacial score (nSPS) is 10.1. The number of para-hydroxylation sites is 1. The molecule has 1 rings (SSSR count). The largest absolute Gasteiger partial charge is 0.396 e. The molecule has 0 bridgehead atoms. The smallest absolute Gasteiger partial charge is 0.221 e. The molecule has 0 radical (unpaired) electrons. The Morgan fingerprint density at radius 2 is 2.27 bits per heavy atom. The van der Waals surface area contributed by atoms with Crippen molar-refractivity contribution in [1.82, 2.24) is 0 Å². The quantitative estimate of drug-likeness (QED) is 0.883. The summed E-state index contributed by atoms with van der Waals surface area (Å²) in [5.41, 5.74) is 1.84. The predicted molar refractivity (Wildman–Crippen MR) is 63.9 cm³/mol. The van der Waals surface area contributed by atoms with Crippen LogP contribution in [0.2, 0.25) is 0 Å². The lowest BCUT2D eigenvalue weighted by atomic mass is 10.1. The van der Waals surface area contributed by atoms with Crippen LogP contribution in [-0.4, -0.2) is 17.6 Å². The Bertz CT molecular complexity index is 352. The zero-order valence-electron chi connectivity index (χ0n) is 8.59. The first kappa shape index (κ1) is 12.2. The van der Waals surface area contributed by atoms with Crippen LogP contribution in [0.5, 0.6) is 0 Å². The molecule has 1 aromatic rings. The van der Waals surface area contributed by atoms with E-state index in [-0.39, 0.29) is 12.5 Å². The fourth-order valence-electron chi connectivity index (χ4n) is 1.36. The van der Waals surface area contributed by atoms with Crippen molar-refractivity contribution in [1.29, 1.82) is 0 Å². The molecule has 1 amide bonds. The second kappa shape index (κ2) is 5.88. The lowest BCUT2D eigenvalue weighted by Gasteiger charge is -2.11. The SMILES string of the molecule is CC(=O)Nc1c(Br)cccc1CCCO. The molecule has 0 aliphatic rings. The highest BCUT2D eigenvalue weighted by atomic mass is 79.9. The van der Waals surface area contributed by atoms with Gasteiger partial charge in [0.15, 0.2) is 0 Å². The van der Waals surface area contributed by atoms with E-state index in [1.807, 2.05) is 18.2 Å². The molecule has 0 heterocycles. The zero-order valence-corrected chi connectivity index (χ0v) is 10.2. The molecule has 0 fully saturated rings. The van der Waals surface area contributed by atoms with E-state index in [2.05, 4.69) is 21.2 Å². The monoisotopic (exact) mass is 271 g/mol. The standard InChI is InChI=1S/C11H14BrNO2/c1-8(15)13-11-9(5-3-7-14)4-2-6-10(11)12/h2,4,6,14H,3,5,7H2,1H3,(H,13,15). The van der Waals surface area contributed by atoms with Gasteiger partial charge >= 0.3 is 0 Å². The van der Waals surface area contributed by atoms with Gasteiger partial charge < -0.3 is 10.4 Å². The van der Waals surface area contributed by atoms with Crippen LogP contribution in [0.3, 0.4) is 0 Å². The van der Waals surface area contributed by atoms with E-state index in [4.69, 9.17) is 5.11 Å². The van der Waals surface area contributed by atoms with Gasteiger partial charge in [0.1, 0.15) is 0 Å². The maximum Gasteiger partial charge on any atom is 0.221 e. The molecule has 2 N–H and O–H groups in total. The third kappa shape index (κ3) is 3.64. The second-order valence-electron chi connectivity index (χ2n) is 3.28. The molecular weight excluding hydrogens is 258 g/mol. The number of amides is 1. The Morgan fingerprint density at radius 1 is 1.53 bits per heavy atom. The Hall–Kier alpha value is -0.870. The Labute approximate surface area is 97.6 Å². The van der Waals surface area contributed by atoms with E-state index in [1.165, 1.54) is 6.92 Å². The summed E-state index contributed by atoms with van der Waals surface area (Å²) >= 11 is 3.39. The first-order valence-corrected chi connectivity index (χ1v) is 5.60. The van der Waals surface area contributed by atoms with Crippen LogP contribution in [0.15, 0.2) is 22.7 Å². The van der Waals surface area contributed by atoms with E-state index < -0.39 is 0 Å². The summed E-state index contributed by atoms with van der Waals surface area (Å²) < 4.78 is 0.869. The highest BCUT2D eigenvalue weighted by molar-refractivity contribution is 9.10. The highest BCUT2D eigenvalue weighted by Gasteiger charge is 2.07. The molecular formula is C11H14BrNO2. The van der Waals surface area contributed by atoms with Gasteiger partial charge in [-0.15, -0.1) is 0 Å². The van der Waals surface area contributed by atoms with Gasteiger partial charge in [0.05, 0.1) is 5.69 Å². The summed E-state index contributed by atoms with van der Waals surface area (Å²) in [6, 6.07) is 5.75. The van der Waals surface area contributed by atoms with Gasteiger partial charge in [-0.25, -0.2) is 0 Å². The van der Waals surface area contributed by atoms with Gasteiger partial charge in [-0.05, 0) is 40.4 Å². The van der Waals surface area contributed by atoms with Crippen molar-refractivity contribution in [2.75, 3.05) is 11.9 Å². The van der Waals surface area contributed by atoms with Crippen LogP contribution in [0.4, 0.5) is 5.69 Å². The third-order valence-electron chi connectivity index (χ3n) is 2.01. The molecule has 0 spiro atoms. The van der Waals surface area contributed by atoms with Crippen molar-refractivity contribution >= 4 is 27.5 Å². The van der Waals surface area contributed by atoms with Crippen molar-refractivity contribution in [3.05, 3.63) is 28.2 Å². The second-order valence-corrected chi connectivity index (χ2v) is 4.14. The summed E-state index contributed by atoms with van der Waals surface area (Å²) in [6.07, 6.45) is 1.45. The number of anilines is 1.